The Morgan fingerprint density at radius 3 is 2.65 bits per heavy atom. The molecule has 0 aliphatic heterocycles. The minimum atomic E-state index is -3.80. The minimum absolute atomic E-state index is 0.0549. The van der Waals surface area contributed by atoms with Gasteiger partial charge in [0, 0.05) is 12.6 Å². The van der Waals surface area contributed by atoms with Gasteiger partial charge >= 0.3 is 0 Å². The third kappa shape index (κ3) is 2.71. The SMILES string of the molecule is C=CCN(C1CCCC1)S(=O)(=O)c1cccc(F)c1N. The van der Waals surface area contributed by atoms with Crippen molar-refractivity contribution in [2.24, 2.45) is 0 Å². The molecule has 1 fully saturated rings. The second-order valence-electron chi connectivity index (χ2n) is 4.95. The number of rotatable bonds is 5. The molecule has 1 aromatic rings. The van der Waals surface area contributed by atoms with Crippen LogP contribution >= 0.6 is 0 Å². The zero-order valence-electron chi connectivity index (χ0n) is 11.3. The van der Waals surface area contributed by atoms with E-state index in [1.165, 1.54) is 16.4 Å². The van der Waals surface area contributed by atoms with Crippen molar-refractivity contribution in [1.29, 1.82) is 0 Å². The van der Waals surface area contributed by atoms with Crippen LogP contribution < -0.4 is 5.73 Å². The maximum absolute atomic E-state index is 13.5. The van der Waals surface area contributed by atoms with E-state index in [2.05, 4.69) is 6.58 Å². The summed E-state index contributed by atoms with van der Waals surface area (Å²) in [6, 6.07) is 3.81. The van der Waals surface area contributed by atoms with Crippen molar-refractivity contribution >= 4 is 15.7 Å². The third-order valence-electron chi connectivity index (χ3n) is 3.64. The van der Waals surface area contributed by atoms with Gasteiger partial charge in [-0.05, 0) is 25.0 Å². The minimum Gasteiger partial charge on any atom is -0.395 e. The first kappa shape index (κ1) is 15.0. The molecule has 4 nitrogen and oxygen atoms in total. The highest BCUT2D eigenvalue weighted by Gasteiger charge is 2.33. The fourth-order valence-electron chi connectivity index (χ4n) is 2.63. The summed E-state index contributed by atoms with van der Waals surface area (Å²) < 4.78 is 40.3. The molecule has 2 N–H and O–H groups in total. The van der Waals surface area contributed by atoms with Crippen LogP contribution in [0.25, 0.3) is 0 Å². The van der Waals surface area contributed by atoms with E-state index in [1.54, 1.807) is 6.08 Å². The number of halogens is 1. The standard InChI is InChI=1S/C14H19FN2O2S/c1-2-10-17(11-6-3-4-7-11)20(18,19)13-9-5-8-12(15)14(13)16/h2,5,8-9,11H,1,3-4,6-7,10,16H2. The first-order chi connectivity index (χ1) is 9.48. The molecule has 1 aromatic carbocycles. The van der Waals surface area contributed by atoms with Crippen LogP contribution in [0.5, 0.6) is 0 Å². The summed E-state index contributed by atoms with van der Waals surface area (Å²) in [6.45, 7) is 3.82. The van der Waals surface area contributed by atoms with Crippen molar-refractivity contribution in [3.8, 4) is 0 Å². The summed E-state index contributed by atoms with van der Waals surface area (Å²) in [7, 11) is -3.80. The molecule has 0 unspecified atom stereocenters. The zero-order valence-corrected chi connectivity index (χ0v) is 12.1. The van der Waals surface area contributed by atoms with Crippen molar-refractivity contribution in [3.63, 3.8) is 0 Å². The summed E-state index contributed by atoms with van der Waals surface area (Å²) in [5, 5.41) is 0. The van der Waals surface area contributed by atoms with E-state index < -0.39 is 15.8 Å². The van der Waals surface area contributed by atoms with Crippen molar-refractivity contribution in [1.82, 2.24) is 4.31 Å². The Hall–Kier alpha value is -1.40. The molecule has 0 aromatic heterocycles. The highest BCUT2D eigenvalue weighted by Crippen LogP contribution is 2.31. The van der Waals surface area contributed by atoms with E-state index in [-0.39, 0.29) is 23.2 Å². The molecule has 6 heteroatoms. The van der Waals surface area contributed by atoms with E-state index in [4.69, 9.17) is 5.73 Å². The Morgan fingerprint density at radius 2 is 2.05 bits per heavy atom. The average Bonchev–Trinajstić information content (AvgIpc) is 2.92. The molecule has 1 aliphatic rings. The second-order valence-corrected chi connectivity index (χ2v) is 6.81. The van der Waals surface area contributed by atoms with Gasteiger partial charge in [-0.2, -0.15) is 4.31 Å². The maximum atomic E-state index is 13.5. The molecular weight excluding hydrogens is 279 g/mol. The Labute approximate surface area is 119 Å². The monoisotopic (exact) mass is 298 g/mol. The van der Waals surface area contributed by atoms with E-state index in [9.17, 15) is 12.8 Å². The smallest absolute Gasteiger partial charge is 0.245 e. The van der Waals surface area contributed by atoms with Gasteiger partial charge in [-0.3, -0.25) is 0 Å². The van der Waals surface area contributed by atoms with Gasteiger partial charge in [0.05, 0.1) is 5.69 Å². The second kappa shape index (κ2) is 5.93. The van der Waals surface area contributed by atoms with Crippen LogP contribution in [0.3, 0.4) is 0 Å². The largest absolute Gasteiger partial charge is 0.395 e. The van der Waals surface area contributed by atoms with Gasteiger partial charge in [0.15, 0.2) is 0 Å². The number of nitrogen functional groups attached to an aromatic ring is 1. The highest BCUT2D eigenvalue weighted by molar-refractivity contribution is 7.89. The Balaban J connectivity index is 2.44. The third-order valence-corrected chi connectivity index (χ3v) is 5.62. The van der Waals surface area contributed by atoms with Gasteiger partial charge in [-0.25, -0.2) is 12.8 Å². The normalized spacial score (nSPS) is 16.7. The summed E-state index contributed by atoms with van der Waals surface area (Å²) in [6.07, 6.45) is 5.20. The van der Waals surface area contributed by atoms with Gasteiger partial charge in [0.25, 0.3) is 0 Å². The van der Waals surface area contributed by atoms with Crippen LogP contribution in [-0.2, 0) is 10.0 Å². The number of nitrogens with zero attached hydrogens (tertiary/aromatic N) is 1. The molecule has 0 amide bonds. The molecule has 0 saturated heterocycles. The predicted molar refractivity (Wildman–Crippen MR) is 77.2 cm³/mol. The Bertz CT molecular complexity index is 595. The van der Waals surface area contributed by atoms with Gasteiger partial charge in [0.1, 0.15) is 10.7 Å². The van der Waals surface area contributed by atoms with E-state index in [0.29, 0.717) is 0 Å². The molecule has 1 saturated carbocycles. The quantitative estimate of drug-likeness (QED) is 0.671. The fraction of sp³-hybridized carbons (Fsp3) is 0.429. The van der Waals surface area contributed by atoms with Crippen LogP contribution in [0.1, 0.15) is 25.7 Å². The number of nitrogens with two attached hydrogens (primary N) is 1. The summed E-state index contributed by atoms with van der Waals surface area (Å²) in [5.41, 5.74) is 5.27. The summed E-state index contributed by atoms with van der Waals surface area (Å²) in [4.78, 5) is -0.161. The molecule has 20 heavy (non-hydrogen) atoms. The number of hydrogen-bond acceptors (Lipinski definition) is 3. The number of benzene rings is 1. The fourth-order valence-corrected chi connectivity index (χ4v) is 4.42. The van der Waals surface area contributed by atoms with Crippen molar-refractivity contribution < 1.29 is 12.8 Å². The zero-order chi connectivity index (χ0) is 14.8. The molecule has 2 rings (SSSR count). The molecule has 0 radical (unpaired) electrons. The van der Waals surface area contributed by atoms with E-state index in [1.807, 2.05) is 0 Å². The van der Waals surface area contributed by atoms with E-state index >= 15 is 0 Å². The highest BCUT2D eigenvalue weighted by atomic mass is 32.2. The van der Waals surface area contributed by atoms with Gasteiger partial charge in [-0.15, -0.1) is 6.58 Å². The number of para-hydroxylation sites is 1. The number of sulfonamides is 1. The van der Waals surface area contributed by atoms with E-state index in [0.717, 1.165) is 31.7 Å². The lowest BCUT2D eigenvalue weighted by molar-refractivity contribution is 0.347. The van der Waals surface area contributed by atoms with Crippen LogP contribution in [0.15, 0.2) is 35.7 Å². The van der Waals surface area contributed by atoms with Gasteiger partial charge < -0.3 is 5.73 Å². The number of hydrogen-bond donors (Lipinski definition) is 1. The van der Waals surface area contributed by atoms with Gasteiger partial charge in [-0.1, -0.05) is 25.0 Å². The molecule has 0 atom stereocenters. The molecule has 0 bridgehead atoms. The lowest BCUT2D eigenvalue weighted by Crippen LogP contribution is -2.39. The topological polar surface area (TPSA) is 63.4 Å². The van der Waals surface area contributed by atoms with Crippen LogP contribution in [0.4, 0.5) is 10.1 Å². The van der Waals surface area contributed by atoms with Crippen molar-refractivity contribution in [2.75, 3.05) is 12.3 Å². The van der Waals surface area contributed by atoms with Crippen LogP contribution in [0.2, 0.25) is 0 Å². The van der Waals surface area contributed by atoms with Crippen molar-refractivity contribution in [2.45, 2.75) is 36.6 Å². The Kier molecular flexibility index (Phi) is 4.45. The predicted octanol–water partition coefficient (Wildman–Crippen LogP) is 2.53. The van der Waals surface area contributed by atoms with Gasteiger partial charge in [0.2, 0.25) is 10.0 Å². The molecule has 0 heterocycles. The summed E-state index contributed by atoms with van der Waals surface area (Å²) in [5.74, 6) is -0.712. The number of anilines is 1. The first-order valence-corrected chi connectivity index (χ1v) is 8.09. The van der Waals surface area contributed by atoms with Crippen LogP contribution in [-0.4, -0.2) is 25.3 Å². The molecule has 110 valence electrons. The van der Waals surface area contributed by atoms with Crippen LogP contribution in [0, 0.1) is 5.82 Å². The molecule has 0 spiro atoms. The van der Waals surface area contributed by atoms with Crippen molar-refractivity contribution in [3.05, 3.63) is 36.7 Å². The first-order valence-electron chi connectivity index (χ1n) is 6.65. The average molecular weight is 298 g/mol. The Morgan fingerprint density at radius 1 is 1.40 bits per heavy atom. The maximum Gasteiger partial charge on any atom is 0.245 e. The summed E-state index contributed by atoms with van der Waals surface area (Å²) >= 11 is 0. The molecular formula is C14H19FN2O2S. The lowest BCUT2D eigenvalue weighted by atomic mass is 10.2. The molecule has 1 aliphatic carbocycles. The lowest BCUT2D eigenvalue weighted by Gasteiger charge is -2.27.